The van der Waals surface area contributed by atoms with Gasteiger partial charge in [-0.05, 0) is 24.8 Å². The summed E-state index contributed by atoms with van der Waals surface area (Å²) in [6, 6.07) is 10.7. The van der Waals surface area contributed by atoms with Crippen LogP contribution in [0.3, 0.4) is 0 Å². The highest BCUT2D eigenvalue weighted by Gasteiger charge is 2.34. The summed E-state index contributed by atoms with van der Waals surface area (Å²) in [6.45, 7) is 4.89. The van der Waals surface area contributed by atoms with Gasteiger partial charge < -0.3 is 10.2 Å². The lowest BCUT2D eigenvalue weighted by atomic mass is 9.87. The number of carbonyl (C=O) groups is 2. The Bertz CT molecular complexity index is 501. The van der Waals surface area contributed by atoms with E-state index in [-0.39, 0.29) is 24.4 Å². The Morgan fingerprint density at radius 2 is 2.00 bits per heavy atom. The van der Waals surface area contributed by atoms with Gasteiger partial charge in [-0.1, -0.05) is 44.2 Å². The predicted molar refractivity (Wildman–Crippen MR) is 87.5 cm³/mol. The second kappa shape index (κ2) is 7.97. The van der Waals surface area contributed by atoms with Gasteiger partial charge in [0.15, 0.2) is 0 Å². The maximum atomic E-state index is 12.4. The summed E-state index contributed by atoms with van der Waals surface area (Å²) in [5, 5.41) is 2.70. The van der Waals surface area contributed by atoms with Gasteiger partial charge in [-0.3, -0.25) is 9.59 Å². The molecule has 2 amide bonds. The van der Waals surface area contributed by atoms with Crippen molar-refractivity contribution in [2.45, 2.75) is 51.5 Å². The molecular weight excluding hydrogens is 276 g/mol. The molecule has 0 spiro atoms. The van der Waals surface area contributed by atoms with E-state index < -0.39 is 0 Å². The summed E-state index contributed by atoms with van der Waals surface area (Å²) < 4.78 is 0. The maximum Gasteiger partial charge on any atom is 0.242 e. The van der Waals surface area contributed by atoms with Crippen LogP contribution in [0.5, 0.6) is 0 Å². The molecule has 1 saturated heterocycles. The summed E-state index contributed by atoms with van der Waals surface area (Å²) in [5.41, 5.74) is 1.30. The quantitative estimate of drug-likeness (QED) is 0.878. The van der Waals surface area contributed by atoms with Crippen LogP contribution >= 0.6 is 0 Å². The molecule has 0 unspecified atom stereocenters. The molecule has 0 saturated carbocycles. The first-order valence-electron chi connectivity index (χ1n) is 8.28. The van der Waals surface area contributed by atoms with E-state index in [4.69, 9.17) is 0 Å². The van der Waals surface area contributed by atoms with Crippen molar-refractivity contribution in [1.82, 2.24) is 10.2 Å². The Balaban J connectivity index is 2.05. The molecule has 1 aliphatic heterocycles. The van der Waals surface area contributed by atoms with Gasteiger partial charge in [0.1, 0.15) is 0 Å². The van der Waals surface area contributed by atoms with E-state index in [0.717, 1.165) is 25.8 Å². The molecule has 22 heavy (non-hydrogen) atoms. The summed E-state index contributed by atoms with van der Waals surface area (Å²) >= 11 is 0. The molecule has 1 heterocycles. The van der Waals surface area contributed by atoms with E-state index in [1.54, 1.807) is 6.92 Å². The molecule has 1 aromatic rings. The number of amides is 2. The second-order valence-corrected chi connectivity index (χ2v) is 5.85. The first kappa shape index (κ1) is 16.5. The van der Waals surface area contributed by atoms with Crippen LogP contribution in [0.25, 0.3) is 0 Å². The minimum Gasteiger partial charge on any atom is -0.347 e. The smallest absolute Gasteiger partial charge is 0.242 e. The average molecular weight is 302 g/mol. The number of nitrogens with one attached hydrogen (secondary N) is 1. The van der Waals surface area contributed by atoms with Crippen molar-refractivity contribution in [3.63, 3.8) is 0 Å². The van der Waals surface area contributed by atoms with Crippen molar-refractivity contribution in [1.29, 1.82) is 0 Å². The van der Waals surface area contributed by atoms with Gasteiger partial charge >= 0.3 is 0 Å². The van der Waals surface area contributed by atoms with Gasteiger partial charge in [-0.15, -0.1) is 0 Å². The average Bonchev–Trinajstić information content (AvgIpc) is 3.03. The van der Waals surface area contributed by atoms with Crippen LogP contribution in [-0.4, -0.2) is 35.8 Å². The summed E-state index contributed by atoms with van der Waals surface area (Å²) in [7, 11) is 0. The Morgan fingerprint density at radius 1 is 1.27 bits per heavy atom. The van der Waals surface area contributed by atoms with Gasteiger partial charge in [-0.25, -0.2) is 0 Å². The Kier molecular flexibility index (Phi) is 5.99. The van der Waals surface area contributed by atoms with Crippen LogP contribution in [0, 0.1) is 0 Å². The van der Waals surface area contributed by atoms with Crippen LogP contribution in [0.15, 0.2) is 30.3 Å². The number of benzene rings is 1. The maximum absolute atomic E-state index is 12.4. The van der Waals surface area contributed by atoms with Crippen LogP contribution in [0.4, 0.5) is 0 Å². The topological polar surface area (TPSA) is 49.4 Å². The SMILES string of the molecule is CCC(=O)NCC(=O)N1CCC[C@@H]1[C@@H](CC)c1ccccc1. The summed E-state index contributed by atoms with van der Waals surface area (Å²) in [6.07, 6.45) is 3.51. The third-order valence-corrected chi connectivity index (χ3v) is 4.51. The molecule has 4 nitrogen and oxygen atoms in total. The molecule has 1 aromatic carbocycles. The molecule has 120 valence electrons. The van der Waals surface area contributed by atoms with Crippen LogP contribution in [-0.2, 0) is 9.59 Å². The Morgan fingerprint density at radius 3 is 2.64 bits per heavy atom. The largest absolute Gasteiger partial charge is 0.347 e. The molecule has 0 aliphatic carbocycles. The van der Waals surface area contributed by atoms with Gasteiger partial charge in [0.2, 0.25) is 11.8 Å². The van der Waals surface area contributed by atoms with Gasteiger partial charge in [0, 0.05) is 24.9 Å². The highest BCUT2D eigenvalue weighted by atomic mass is 16.2. The van der Waals surface area contributed by atoms with Gasteiger partial charge in [0.25, 0.3) is 0 Å². The molecule has 4 heteroatoms. The molecule has 1 fully saturated rings. The number of carbonyl (C=O) groups excluding carboxylic acids is 2. The fourth-order valence-corrected chi connectivity index (χ4v) is 3.35. The van der Waals surface area contributed by atoms with Crippen LogP contribution in [0.2, 0.25) is 0 Å². The van der Waals surface area contributed by atoms with Crippen molar-refractivity contribution in [2.75, 3.05) is 13.1 Å². The first-order chi connectivity index (χ1) is 10.7. The molecular formula is C18H26N2O2. The third kappa shape index (κ3) is 3.87. The lowest BCUT2D eigenvalue weighted by Gasteiger charge is -2.31. The fourth-order valence-electron chi connectivity index (χ4n) is 3.35. The predicted octanol–water partition coefficient (Wildman–Crippen LogP) is 2.70. The first-order valence-corrected chi connectivity index (χ1v) is 8.28. The number of hydrogen-bond acceptors (Lipinski definition) is 2. The normalized spacial score (nSPS) is 19.0. The molecule has 2 atom stereocenters. The van der Waals surface area contributed by atoms with E-state index >= 15 is 0 Å². The second-order valence-electron chi connectivity index (χ2n) is 5.85. The van der Waals surface area contributed by atoms with Crippen LogP contribution in [0.1, 0.15) is 51.0 Å². The zero-order chi connectivity index (χ0) is 15.9. The molecule has 1 N–H and O–H groups in total. The van der Waals surface area contributed by atoms with Gasteiger partial charge in [-0.2, -0.15) is 0 Å². The van der Waals surface area contributed by atoms with E-state index in [9.17, 15) is 9.59 Å². The van der Waals surface area contributed by atoms with Crippen molar-refractivity contribution in [3.05, 3.63) is 35.9 Å². The van der Waals surface area contributed by atoms with Crippen LogP contribution < -0.4 is 5.32 Å². The highest BCUT2D eigenvalue weighted by molar-refractivity contribution is 5.85. The number of hydrogen-bond donors (Lipinski definition) is 1. The van der Waals surface area contributed by atoms with E-state index in [0.29, 0.717) is 12.3 Å². The van der Waals surface area contributed by atoms with E-state index in [1.165, 1.54) is 5.56 Å². The number of rotatable bonds is 6. The van der Waals surface area contributed by atoms with E-state index in [1.807, 2.05) is 11.0 Å². The molecule has 0 radical (unpaired) electrons. The third-order valence-electron chi connectivity index (χ3n) is 4.51. The Hall–Kier alpha value is -1.84. The molecule has 0 bridgehead atoms. The number of nitrogens with zero attached hydrogens (tertiary/aromatic N) is 1. The Labute approximate surface area is 132 Å². The lowest BCUT2D eigenvalue weighted by molar-refractivity contribution is -0.133. The van der Waals surface area contributed by atoms with Gasteiger partial charge in [0.05, 0.1) is 6.54 Å². The molecule has 0 aromatic heterocycles. The highest BCUT2D eigenvalue weighted by Crippen LogP contribution is 2.33. The zero-order valence-corrected chi connectivity index (χ0v) is 13.5. The molecule has 2 rings (SSSR count). The number of likely N-dealkylation sites (tertiary alicyclic amines) is 1. The fraction of sp³-hybridized carbons (Fsp3) is 0.556. The monoisotopic (exact) mass is 302 g/mol. The minimum absolute atomic E-state index is 0.0404. The standard InChI is InChI=1S/C18H26N2O2/c1-3-15(14-9-6-5-7-10-14)16-11-8-12-20(16)18(22)13-19-17(21)4-2/h5-7,9-10,15-16H,3-4,8,11-13H2,1-2H3,(H,19,21)/t15-,16+/m0/s1. The summed E-state index contributed by atoms with van der Waals surface area (Å²) in [4.78, 5) is 25.8. The summed E-state index contributed by atoms with van der Waals surface area (Å²) in [5.74, 6) is 0.340. The van der Waals surface area contributed by atoms with E-state index in [2.05, 4.69) is 36.5 Å². The lowest BCUT2D eigenvalue weighted by Crippen LogP contribution is -2.44. The minimum atomic E-state index is -0.0702. The molecule has 1 aliphatic rings. The zero-order valence-electron chi connectivity index (χ0n) is 13.5. The van der Waals surface area contributed by atoms with Crippen molar-refractivity contribution in [3.8, 4) is 0 Å². The van der Waals surface area contributed by atoms with Crippen molar-refractivity contribution < 1.29 is 9.59 Å². The van der Waals surface area contributed by atoms with Crippen molar-refractivity contribution in [2.24, 2.45) is 0 Å². The van der Waals surface area contributed by atoms with Crippen molar-refractivity contribution >= 4 is 11.8 Å².